The van der Waals surface area contributed by atoms with Gasteiger partial charge in [-0.2, -0.15) is 0 Å². The van der Waals surface area contributed by atoms with E-state index in [2.05, 4.69) is 20.6 Å². The maximum Gasteiger partial charge on any atom is 0.414 e. The molecule has 226 valence electrons. The summed E-state index contributed by atoms with van der Waals surface area (Å²) in [5.74, 6) is -0.599. The van der Waals surface area contributed by atoms with Crippen molar-refractivity contribution in [2.75, 3.05) is 0 Å². The molecule has 2 amide bonds. The van der Waals surface area contributed by atoms with E-state index in [0.717, 1.165) is 0 Å². The van der Waals surface area contributed by atoms with Crippen LogP contribution in [0.15, 0.2) is 77.9 Å². The lowest BCUT2D eigenvalue weighted by Crippen LogP contribution is -2.47. The van der Waals surface area contributed by atoms with Gasteiger partial charge in [-0.15, -0.1) is 0 Å². The first-order valence-corrected chi connectivity index (χ1v) is 14.1. The first-order valence-electron chi connectivity index (χ1n) is 14.1. The number of ketones is 1. The van der Waals surface area contributed by atoms with Crippen LogP contribution in [0.25, 0.3) is 11.3 Å². The minimum Gasteiger partial charge on any atom is -0.444 e. The summed E-state index contributed by atoms with van der Waals surface area (Å²) < 4.78 is 10.7. The predicted molar refractivity (Wildman–Crippen MR) is 168 cm³/mol. The van der Waals surface area contributed by atoms with Crippen molar-refractivity contribution in [1.29, 1.82) is 0 Å². The van der Waals surface area contributed by atoms with Crippen LogP contribution in [0.4, 0.5) is 15.3 Å². The number of ether oxygens (including phenoxy) is 2. The summed E-state index contributed by atoms with van der Waals surface area (Å²) in [4.78, 5) is 47.8. The van der Waals surface area contributed by atoms with E-state index in [-0.39, 0.29) is 23.0 Å². The molecule has 2 aromatic carbocycles. The molecule has 3 rings (SSSR count). The maximum atomic E-state index is 13.5. The number of carbonyl (C=O) groups is 3. The number of carbonyl (C=O) groups excluding carboxylic acids is 3. The SMILES string of the molecule is CC.CC.CC(C)(C)OC(=O)NC(=Nc1c(C(=O)c2ccccc2)ccnc1-c1ccccc1)NC(=O)OC(C)(C)C. The van der Waals surface area contributed by atoms with Gasteiger partial charge in [0.1, 0.15) is 16.9 Å². The van der Waals surface area contributed by atoms with Crippen LogP contribution in [0.1, 0.15) is 85.2 Å². The Morgan fingerprint density at radius 3 is 1.60 bits per heavy atom. The molecule has 0 bridgehead atoms. The number of hydrogen-bond donors (Lipinski definition) is 2. The second kappa shape index (κ2) is 16.7. The monoisotopic (exact) mass is 576 g/mol. The van der Waals surface area contributed by atoms with E-state index in [1.165, 1.54) is 6.20 Å². The third-order valence-electron chi connectivity index (χ3n) is 4.71. The van der Waals surface area contributed by atoms with Gasteiger partial charge in [-0.05, 0) is 47.6 Å². The van der Waals surface area contributed by atoms with Gasteiger partial charge in [-0.1, -0.05) is 88.4 Å². The van der Waals surface area contributed by atoms with Gasteiger partial charge < -0.3 is 9.47 Å². The lowest BCUT2D eigenvalue weighted by atomic mass is 9.99. The highest BCUT2D eigenvalue weighted by atomic mass is 16.6. The minimum atomic E-state index is -0.853. The first kappa shape index (κ1) is 35.5. The smallest absolute Gasteiger partial charge is 0.414 e. The fraction of sp³-hybridized carbons (Fsp3) is 0.364. The largest absolute Gasteiger partial charge is 0.444 e. The molecule has 2 N–H and O–H groups in total. The first-order chi connectivity index (χ1) is 19.8. The molecule has 42 heavy (non-hydrogen) atoms. The number of guanidine groups is 1. The summed E-state index contributed by atoms with van der Waals surface area (Å²) in [6, 6.07) is 19.4. The molecule has 0 fully saturated rings. The normalized spacial score (nSPS) is 10.4. The Labute approximate surface area is 249 Å². The van der Waals surface area contributed by atoms with Gasteiger partial charge in [-0.3, -0.25) is 20.4 Å². The van der Waals surface area contributed by atoms with Crippen LogP contribution in [0.3, 0.4) is 0 Å². The molecule has 0 saturated heterocycles. The van der Waals surface area contributed by atoms with Crippen molar-refractivity contribution >= 4 is 29.6 Å². The Hall–Kier alpha value is -4.53. The number of pyridine rings is 1. The second-order valence-electron chi connectivity index (χ2n) is 10.3. The van der Waals surface area contributed by atoms with Gasteiger partial charge in [-0.25, -0.2) is 14.6 Å². The molecule has 0 radical (unpaired) electrons. The molecular weight excluding hydrogens is 532 g/mol. The third kappa shape index (κ3) is 11.9. The van der Waals surface area contributed by atoms with E-state index in [0.29, 0.717) is 16.8 Å². The van der Waals surface area contributed by atoms with Gasteiger partial charge >= 0.3 is 12.2 Å². The molecule has 0 aliphatic carbocycles. The van der Waals surface area contributed by atoms with E-state index in [1.54, 1.807) is 71.9 Å². The minimum absolute atomic E-state index is 0.148. The van der Waals surface area contributed by atoms with Crippen LogP contribution >= 0.6 is 0 Å². The summed E-state index contributed by atoms with van der Waals surface area (Å²) in [6.45, 7) is 18.2. The van der Waals surface area contributed by atoms with Gasteiger partial charge in [0.2, 0.25) is 5.96 Å². The van der Waals surface area contributed by atoms with Gasteiger partial charge in [0.15, 0.2) is 5.78 Å². The van der Waals surface area contributed by atoms with Crippen LogP contribution < -0.4 is 10.6 Å². The van der Waals surface area contributed by atoms with Gasteiger partial charge in [0, 0.05) is 17.3 Å². The van der Waals surface area contributed by atoms with Crippen molar-refractivity contribution in [1.82, 2.24) is 15.6 Å². The number of aromatic nitrogens is 1. The van der Waals surface area contributed by atoms with E-state index in [1.807, 2.05) is 64.1 Å². The molecular formula is C33H44N4O5. The maximum absolute atomic E-state index is 13.5. The topological polar surface area (TPSA) is 119 Å². The number of nitrogens with zero attached hydrogens (tertiary/aromatic N) is 2. The summed E-state index contributed by atoms with van der Waals surface area (Å²) in [6.07, 6.45) is -0.193. The standard InChI is InChI=1S/C29H32N4O5.2C2H6/c1-28(2,3)37-26(35)32-25(33-27(36)38-29(4,5)6)31-23-21(24(34)20-15-11-8-12-16-20)17-18-30-22(23)19-13-9-7-10-14-19;2*1-2/h7-18H,1-6H3,(H2,31,32,33,35,36);2*1-2H3. The van der Waals surface area contributed by atoms with Crippen molar-refractivity contribution in [3.05, 3.63) is 84.1 Å². The van der Waals surface area contributed by atoms with Crippen molar-refractivity contribution < 1.29 is 23.9 Å². The highest BCUT2D eigenvalue weighted by Gasteiger charge is 2.24. The van der Waals surface area contributed by atoms with E-state index >= 15 is 0 Å². The quantitative estimate of drug-likeness (QED) is 0.184. The average Bonchev–Trinajstić information content (AvgIpc) is 2.94. The molecule has 1 aromatic heterocycles. The fourth-order valence-electron chi connectivity index (χ4n) is 3.30. The highest BCUT2D eigenvalue weighted by Crippen LogP contribution is 2.33. The van der Waals surface area contributed by atoms with Crippen LogP contribution in [-0.2, 0) is 9.47 Å². The lowest BCUT2D eigenvalue weighted by Gasteiger charge is -2.22. The molecule has 0 aliphatic heterocycles. The Kier molecular flexibility index (Phi) is 14.1. The zero-order valence-corrected chi connectivity index (χ0v) is 26.4. The second-order valence-corrected chi connectivity index (χ2v) is 10.3. The fourth-order valence-corrected chi connectivity index (χ4v) is 3.30. The van der Waals surface area contributed by atoms with Crippen LogP contribution in [0.5, 0.6) is 0 Å². The molecule has 0 saturated carbocycles. The van der Waals surface area contributed by atoms with Crippen LogP contribution in [0, 0.1) is 0 Å². The van der Waals surface area contributed by atoms with Gasteiger partial charge in [0.25, 0.3) is 0 Å². The zero-order valence-electron chi connectivity index (χ0n) is 26.4. The molecule has 0 aliphatic rings. The summed E-state index contributed by atoms with van der Waals surface area (Å²) >= 11 is 0. The molecule has 3 aromatic rings. The Morgan fingerprint density at radius 2 is 1.14 bits per heavy atom. The average molecular weight is 577 g/mol. The number of aliphatic imine (C=N–C) groups is 1. The number of rotatable bonds is 4. The summed E-state index contributed by atoms with van der Waals surface area (Å²) in [7, 11) is 0. The number of nitrogens with one attached hydrogen (secondary N) is 2. The number of benzene rings is 2. The Bertz CT molecular complexity index is 1290. The van der Waals surface area contributed by atoms with Crippen molar-refractivity contribution in [3.8, 4) is 11.3 Å². The Morgan fingerprint density at radius 1 is 0.690 bits per heavy atom. The molecule has 9 heteroatoms. The number of amides is 2. The summed E-state index contributed by atoms with van der Waals surface area (Å²) in [5, 5.41) is 4.92. The van der Waals surface area contributed by atoms with Crippen molar-refractivity contribution in [3.63, 3.8) is 0 Å². The van der Waals surface area contributed by atoms with Crippen molar-refractivity contribution in [2.24, 2.45) is 4.99 Å². The predicted octanol–water partition coefficient (Wildman–Crippen LogP) is 8.07. The lowest BCUT2D eigenvalue weighted by molar-refractivity contribution is 0.0545. The van der Waals surface area contributed by atoms with E-state index < -0.39 is 23.4 Å². The molecule has 0 atom stereocenters. The van der Waals surface area contributed by atoms with E-state index in [4.69, 9.17) is 9.47 Å². The highest BCUT2D eigenvalue weighted by molar-refractivity contribution is 6.14. The summed E-state index contributed by atoms with van der Waals surface area (Å²) in [5.41, 5.74) is 0.257. The number of hydrogen-bond acceptors (Lipinski definition) is 7. The van der Waals surface area contributed by atoms with Gasteiger partial charge in [0.05, 0.1) is 11.3 Å². The molecule has 0 unspecified atom stereocenters. The number of alkyl carbamates (subject to hydrolysis) is 2. The van der Waals surface area contributed by atoms with Crippen molar-refractivity contribution in [2.45, 2.75) is 80.4 Å². The Balaban J connectivity index is 0.00000211. The van der Waals surface area contributed by atoms with E-state index in [9.17, 15) is 14.4 Å². The molecule has 0 spiro atoms. The van der Waals surface area contributed by atoms with Crippen LogP contribution in [-0.4, -0.2) is 40.1 Å². The zero-order chi connectivity index (χ0) is 31.9. The molecule has 1 heterocycles. The van der Waals surface area contributed by atoms with Crippen LogP contribution in [0.2, 0.25) is 0 Å². The third-order valence-corrected chi connectivity index (χ3v) is 4.71. The molecule has 9 nitrogen and oxygen atoms in total.